The van der Waals surface area contributed by atoms with Gasteiger partial charge in [0, 0.05) is 6.54 Å². The van der Waals surface area contributed by atoms with E-state index < -0.39 is 4.92 Å². The Hall–Kier alpha value is -2.56. The molecule has 0 spiro atoms. The van der Waals surface area contributed by atoms with Crippen molar-refractivity contribution < 1.29 is 9.66 Å². The van der Waals surface area contributed by atoms with Gasteiger partial charge in [-0.15, -0.1) is 0 Å². The summed E-state index contributed by atoms with van der Waals surface area (Å²) in [6.07, 6.45) is 0. The molecule has 0 radical (unpaired) electrons. The van der Waals surface area contributed by atoms with Crippen LogP contribution in [0.3, 0.4) is 0 Å². The van der Waals surface area contributed by atoms with Gasteiger partial charge < -0.3 is 10.1 Å². The highest BCUT2D eigenvalue weighted by atomic mass is 16.6. The zero-order chi connectivity index (χ0) is 15.2. The first-order valence-electron chi connectivity index (χ1n) is 6.81. The zero-order valence-electron chi connectivity index (χ0n) is 12.1. The number of hydrogen-bond acceptors (Lipinski definition) is 4. The maximum absolute atomic E-state index is 11.3. The summed E-state index contributed by atoms with van der Waals surface area (Å²) < 4.78 is 5.33. The van der Waals surface area contributed by atoms with Crippen LogP contribution in [0.2, 0.25) is 0 Å². The SMILES string of the molecule is CCOc1cccc(NCc2cccc(C)c2)c1[N+](=O)[O-]. The van der Waals surface area contributed by atoms with E-state index in [1.54, 1.807) is 25.1 Å². The van der Waals surface area contributed by atoms with Gasteiger partial charge in [-0.3, -0.25) is 10.1 Å². The Labute approximate surface area is 123 Å². The van der Waals surface area contributed by atoms with Crippen molar-refractivity contribution in [3.8, 4) is 5.75 Å². The van der Waals surface area contributed by atoms with Gasteiger partial charge in [-0.25, -0.2) is 0 Å². The molecular formula is C16H18N2O3. The van der Waals surface area contributed by atoms with Gasteiger partial charge in [0.05, 0.1) is 11.5 Å². The molecule has 2 aromatic rings. The normalized spacial score (nSPS) is 10.2. The van der Waals surface area contributed by atoms with Gasteiger partial charge >= 0.3 is 5.69 Å². The number of nitrogens with one attached hydrogen (secondary N) is 1. The molecule has 2 rings (SSSR count). The first-order chi connectivity index (χ1) is 10.1. The summed E-state index contributed by atoms with van der Waals surface area (Å²) in [4.78, 5) is 10.9. The molecule has 0 bridgehead atoms. The molecule has 0 aromatic heterocycles. The van der Waals surface area contributed by atoms with Crippen molar-refractivity contribution >= 4 is 11.4 Å². The van der Waals surface area contributed by atoms with Gasteiger partial charge in [0.15, 0.2) is 5.75 Å². The van der Waals surface area contributed by atoms with E-state index in [-0.39, 0.29) is 11.4 Å². The Morgan fingerprint density at radius 2 is 2.00 bits per heavy atom. The second-order valence-corrected chi connectivity index (χ2v) is 4.69. The summed E-state index contributed by atoms with van der Waals surface area (Å²) in [7, 11) is 0. The van der Waals surface area contributed by atoms with Crippen molar-refractivity contribution in [1.82, 2.24) is 0 Å². The number of aryl methyl sites for hydroxylation is 1. The fourth-order valence-electron chi connectivity index (χ4n) is 2.14. The van der Waals surface area contributed by atoms with Crippen LogP contribution in [0.4, 0.5) is 11.4 Å². The molecule has 0 fully saturated rings. The minimum absolute atomic E-state index is 0.0213. The second kappa shape index (κ2) is 6.74. The lowest BCUT2D eigenvalue weighted by molar-refractivity contribution is -0.384. The van der Waals surface area contributed by atoms with Crippen LogP contribution in [0.15, 0.2) is 42.5 Å². The molecule has 110 valence electrons. The van der Waals surface area contributed by atoms with Gasteiger partial charge in [0.2, 0.25) is 0 Å². The molecule has 0 amide bonds. The molecule has 0 aliphatic rings. The maximum Gasteiger partial charge on any atom is 0.333 e. The van der Waals surface area contributed by atoms with Crippen molar-refractivity contribution in [2.75, 3.05) is 11.9 Å². The molecule has 21 heavy (non-hydrogen) atoms. The molecule has 0 heterocycles. The molecule has 0 saturated carbocycles. The molecular weight excluding hydrogens is 268 g/mol. The van der Waals surface area contributed by atoms with Gasteiger partial charge in [-0.2, -0.15) is 0 Å². The van der Waals surface area contributed by atoms with Gasteiger partial charge in [0.1, 0.15) is 5.69 Å². The Balaban J connectivity index is 2.23. The van der Waals surface area contributed by atoms with E-state index in [2.05, 4.69) is 5.32 Å². The number of hydrogen-bond donors (Lipinski definition) is 1. The average molecular weight is 286 g/mol. The Morgan fingerprint density at radius 3 is 2.67 bits per heavy atom. The molecule has 0 saturated heterocycles. The third kappa shape index (κ3) is 3.72. The summed E-state index contributed by atoms with van der Waals surface area (Å²) in [5, 5.41) is 14.4. The van der Waals surface area contributed by atoms with E-state index in [1.165, 1.54) is 0 Å². The topological polar surface area (TPSA) is 64.4 Å². The second-order valence-electron chi connectivity index (χ2n) is 4.69. The van der Waals surface area contributed by atoms with Crippen molar-refractivity contribution in [3.63, 3.8) is 0 Å². The Morgan fingerprint density at radius 1 is 1.24 bits per heavy atom. The number of nitro groups is 1. The van der Waals surface area contributed by atoms with Crippen LogP contribution >= 0.6 is 0 Å². The summed E-state index contributed by atoms with van der Waals surface area (Å²) >= 11 is 0. The molecule has 5 heteroatoms. The summed E-state index contributed by atoms with van der Waals surface area (Å²) in [5.74, 6) is 0.289. The highest BCUT2D eigenvalue weighted by Crippen LogP contribution is 2.34. The smallest absolute Gasteiger partial charge is 0.333 e. The molecule has 0 unspecified atom stereocenters. The number of para-hydroxylation sites is 1. The van der Waals surface area contributed by atoms with E-state index >= 15 is 0 Å². The third-order valence-corrected chi connectivity index (χ3v) is 3.05. The molecule has 2 aromatic carbocycles. The number of benzene rings is 2. The number of rotatable bonds is 6. The standard InChI is InChI=1S/C16H18N2O3/c1-3-21-15-9-5-8-14(16(15)18(19)20)17-11-13-7-4-6-12(2)10-13/h4-10,17H,3,11H2,1-2H3. The lowest BCUT2D eigenvalue weighted by Gasteiger charge is -2.10. The Kier molecular flexibility index (Phi) is 4.77. The number of anilines is 1. The zero-order valence-corrected chi connectivity index (χ0v) is 12.1. The first-order valence-corrected chi connectivity index (χ1v) is 6.81. The van der Waals surface area contributed by atoms with Gasteiger partial charge in [-0.1, -0.05) is 35.9 Å². The minimum Gasteiger partial charge on any atom is -0.487 e. The van der Waals surface area contributed by atoms with Crippen molar-refractivity contribution in [3.05, 3.63) is 63.7 Å². The van der Waals surface area contributed by atoms with Crippen molar-refractivity contribution in [1.29, 1.82) is 0 Å². The van der Waals surface area contributed by atoms with Crippen LogP contribution in [0.1, 0.15) is 18.1 Å². The van der Waals surface area contributed by atoms with Crippen LogP contribution < -0.4 is 10.1 Å². The van der Waals surface area contributed by atoms with Crippen LogP contribution in [0.5, 0.6) is 5.75 Å². The largest absolute Gasteiger partial charge is 0.487 e. The monoisotopic (exact) mass is 286 g/mol. The fraction of sp³-hybridized carbons (Fsp3) is 0.250. The van der Waals surface area contributed by atoms with E-state index in [1.807, 2.05) is 31.2 Å². The van der Waals surface area contributed by atoms with Crippen LogP contribution in [0, 0.1) is 17.0 Å². The third-order valence-electron chi connectivity index (χ3n) is 3.05. The molecule has 5 nitrogen and oxygen atoms in total. The van der Waals surface area contributed by atoms with Crippen LogP contribution in [-0.2, 0) is 6.54 Å². The summed E-state index contributed by atoms with van der Waals surface area (Å²) in [6, 6.07) is 13.1. The first kappa shape index (κ1) is 14.8. The van der Waals surface area contributed by atoms with E-state index in [9.17, 15) is 10.1 Å². The van der Waals surface area contributed by atoms with Crippen LogP contribution in [-0.4, -0.2) is 11.5 Å². The lowest BCUT2D eigenvalue weighted by Crippen LogP contribution is -2.05. The summed E-state index contributed by atoms with van der Waals surface area (Å²) in [6.45, 7) is 4.73. The number of nitrogens with zero attached hydrogens (tertiary/aromatic N) is 1. The predicted octanol–water partition coefficient (Wildman–Crippen LogP) is 3.91. The molecule has 0 aliphatic heterocycles. The highest BCUT2D eigenvalue weighted by Gasteiger charge is 2.20. The maximum atomic E-state index is 11.3. The van der Waals surface area contributed by atoms with E-state index in [4.69, 9.17) is 4.74 Å². The molecule has 0 atom stereocenters. The lowest BCUT2D eigenvalue weighted by atomic mass is 10.1. The number of nitro benzene ring substituents is 1. The number of ether oxygens (including phenoxy) is 1. The van der Waals surface area contributed by atoms with Crippen molar-refractivity contribution in [2.24, 2.45) is 0 Å². The summed E-state index contributed by atoms with van der Waals surface area (Å²) in [5.41, 5.74) is 2.68. The minimum atomic E-state index is -0.413. The van der Waals surface area contributed by atoms with E-state index in [0.717, 1.165) is 11.1 Å². The quantitative estimate of drug-likeness (QED) is 0.646. The molecule has 0 aliphatic carbocycles. The van der Waals surface area contributed by atoms with Crippen LogP contribution in [0.25, 0.3) is 0 Å². The van der Waals surface area contributed by atoms with Gasteiger partial charge in [0.25, 0.3) is 0 Å². The van der Waals surface area contributed by atoms with E-state index in [0.29, 0.717) is 18.8 Å². The van der Waals surface area contributed by atoms with Crippen molar-refractivity contribution in [2.45, 2.75) is 20.4 Å². The Bertz CT molecular complexity index is 641. The predicted molar refractivity (Wildman–Crippen MR) is 82.8 cm³/mol. The average Bonchev–Trinajstić information content (AvgIpc) is 2.45. The fourth-order valence-corrected chi connectivity index (χ4v) is 2.14. The highest BCUT2D eigenvalue weighted by molar-refractivity contribution is 5.68. The van der Waals surface area contributed by atoms with Gasteiger partial charge in [-0.05, 0) is 31.5 Å². The molecule has 1 N–H and O–H groups in total.